The maximum absolute atomic E-state index is 3.47. The fourth-order valence-electron chi connectivity index (χ4n) is 0.832. The third-order valence-electron chi connectivity index (χ3n) is 1.46. The molecular weight excluding hydrogens is 200 g/mol. The Labute approximate surface area is 76.1 Å². The van der Waals surface area contributed by atoms with Gasteiger partial charge >= 0.3 is 0 Å². The van der Waals surface area contributed by atoms with E-state index >= 15 is 0 Å². The van der Waals surface area contributed by atoms with Crippen molar-refractivity contribution in [1.82, 2.24) is 0 Å². The molecule has 0 saturated heterocycles. The molecular formula is C10H11Br. The predicted molar refractivity (Wildman–Crippen MR) is 53.6 cm³/mol. The lowest BCUT2D eigenvalue weighted by atomic mass is 10.2. The second-order valence-electron chi connectivity index (χ2n) is 2.36. The second kappa shape index (κ2) is 4.35. The van der Waals surface area contributed by atoms with Crippen LogP contribution in [0.15, 0.2) is 34.8 Å². The molecule has 0 heterocycles. The van der Waals surface area contributed by atoms with Crippen molar-refractivity contribution in [2.45, 2.75) is 13.3 Å². The largest absolute Gasteiger partial charge is 0.0622 e. The highest BCUT2D eigenvalue weighted by atomic mass is 79.9. The molecule has 0 amide bonds. The highest BCUT2D eigenvalue weighted by Gasteiger charge is 1.87. The molecule has 11 heavy (non-hydrogen) atoms. The molecule has 1 heteroatoms. The van der Waals surface area contributed by atoms with E-state index in [0.717, 1.165) is 6.42 Å². The van der Waals surface area contributed by atoms with Gasteiger partial charge in [-0.05, 0) is 22.5 Å². The Kier molecular flexibility index (Phi) is 3.37. The molecule has 0 bridgehead atoms. The van der Waals surface area contributed by atoms with Crippen molar-refractivity contribution < 1.29 is 0 Å². The number of hydrogen-bond donors (Lipinski definition) is 0. The van der Waals surface area contributed by atoms with Crippen molar-refractivity contribution in [3.63, 3.8) is 0 Å². The molecule has 0 aliphatic heterocycles. The second-order valence-corrected chi connectivity index (χ2v) is 3.37. The average molecular weight is 211 g/mol. The van der Waals surface area contributed by atoms with E-state index in [-0.39, 0.29) is 0 Å². The minimum atomic E-state index is 1.05. The lowest BCUT2D eigenvalue weighted by Gasteiger charge is -1.93. The summed E-state index contributed by atoms with van der Waals surface area (Å²) in [6.07, 6.45) is 3.19. The Morgan fingerprint density at radius 3 is 2.55 bits per heavy atom. The van der Waals surface area contributed by atoms with Crippen molar-refractivity contribution >= 4 is 22.0 Å². The zero-order valence-electron chi connectivity index (χ0n) is 6.55. The van der Waals surface area contributed by atoms with Gasteiger partial charge in [-0.3, -0.25) is 0 Å². The van der Waals surface area contributed by atoms with Crippen LogP contribution in [-0.4, -0.2) is 0 Å². The zero-order valence-corrected chi connectivity index (χ0v) is 8.14. The highest BCUT2D eigenvalue weighted by molar-refractivity contribution is 9.11. The van der Waals surface area contributed by atoms with Crippen LogP contribution in [-0.2, 0) is 0 Å². The predicted octanol–water partition coefficient (Wildman–Crippen LogP) is 3.83. The Balaban J connectivity index is 2.79. The molecule has 0 unspecified atom stereocenters. The number of rotatable bonds is 2. The first-order valence-corrected chi connectivity index (χ1v) is 4.53. The lowest BCUT2D eigenvalue weighted by molar-refractivity contribution is 1.22. The summed E-state index contributed by atoms with van der Waals surface area (Å²) in [4.78, 5) is 0. The molecule has 0 radical (unpaired) electrons. The molecule has 1 aromatic carbocycles. The Morgan fingerprint density at radius 1 is 1.36 bits per heavy atom. The number of benzene rings is 1. The van der Waals surface area contributed by atoms with Crippen molar-refractivity contribution in [3.8, 4) is 0 Å². The van der Waals surface area contributed by atoms with Crippen LogP contribution >= 0.6 is 15.9 Å². The molecule has 1 rings (SSSR count). The van der Waals surface area contributed by atoms with Crippen LogP contribution < -0.4 is 0 Å². The molecule has 0 fully saturated rings. The van der Waals surface area contributed by atoms with Gasteiger partial charge in [0.2, 0.25) is 0 Å². The standard InChI is InChI=1S/C10H11Br/c1-2-10(11)8-9-6-4-3-5-7-9/h3-8H,2H2,1H3/b10-8+. The van der Waals surface area contributed by atoms with Crippen molar-refractivity contribution in [1.29, 1.82) is 0 Å². The monoisotopic (exact) mass is 210 g/mol. The summed E-state index contributed by atoms with van der Waals surface area (Å²) in [6, 6.07) is 10.3. The van der Waals surface area contributed by atoms with E-state index < -0.39 is 0 Å². The first-order valence-electron chi connectivity index (χ1n) is 3.74. The normalized spacial score (nSPS) is 11.6. The summed E-state index contributed by atoms with van der Waals surface area (Å²) < 4.78 is 1.24. The molecule has 0 spiro atoms. The van der Waals surface area contributed by atoms with Crippen molar-refractivity contribution in [2.75, 3.05) is 0 Å². The van der Waals surface area contributed by atoms with Crippen LogP contribution in [0.25, 0.3) is 6.08 Å². The fourth-order valence-corrected chi connectivity index (χ4v) is 1.10. The molecule has 0 saturated carbocycles. The van der Waals surface area contributed by atoms with Crippen molar-refractivity contribution in [2.24, 2.45) is 0 Å². The van der Waals surface area contributed by atoms with Crippen LogP contribution in [0.1, 0.15) is 18.9 Å². The summed E-state index contributed by atoms with van der Waals surface area (Å²) in [7, 11) is 0. The van der Waals surface area contributed by atoms with Crippen LogP contribution in [0.4, 0.5) is 0 Å². The van der Waals surface area contributed by atoms with Crippen LogP contribution in [0.3, 0.4) is 0 Å². The molecule has 0 atom stereocenters. The maximum Gasteiger partial charge on any atom is -0.00462 e. The maximum atomic E-state index is 3.47. The molecule has 1 aromatic rings. The van der Waals surface area contributed by atoms with Crippen LogP contribution in [0, 0.1) is 0 Å². The smallest absolute Gasteiger partial charge is 0.00462 e. The minimum Gasteiger partial charge on any atom is -0.0622 e. The quantitative estimate of drug-likeness (QED) is 0.697. The molecule has 0 aliphatic rings. The number of hydrogen-bond acceptors (Lipinski definition) is 0. The van der Waals surface area contributed by atoms with Gasteiger partial charge in [-0.25, -0.2) is 0 Å². The summed E-state index contributed by atoms with van der Waals surface area (Å²) in [5, 5.41) is 0. The average Bonchev–Trinajstić information content (AvgIpc) is 2.06. The molecule has 0 nitrogen and oxygen atoms in total. The third-order valence-corrected chi connectivity index (χ3v) is 2.25. The number of allylic oxidation sites excluding steroid dienone is 1. The first-order chi connectivity index (χ1) is 5.33. The van der Waals surface area contributed by atoms with Gasteiger partial charge in [0.05, 0.1) is 0 Å². The number of halogens is 1. The van der Waals surface area contributed by atoms with Crippen LogP contribution in [0.5, 0.6) is 0 Å². The van der Waals surface area contributed by atoms with Crippen molar-refractivity contribution in [3.05, 3.63) is 40.4 Å². The lowest BCUT2D eigenvalue weighted by Crippen LogP contribution is -1.70. The van der Waals surface area contributed by atoms with Gasteiger partial charge in [-0.2, -0.15) is 0 Å². The Morgan fingerprint density at radius 2 is 2.00 bits per heavy atom. The SMILES string of the molecule is CC/C(Br)=C\c1ccccc1. The van der Waals surface area contributed by atoms with E-state index in [1.165, 1.54) is 10.0 Å². The first kappa shape index (κ1) is 8.54. The molecule has 0 aliphatic carbocycles. The van der Waals surface area contributed by atoms with E-state index in [1.807, 2.05) is 18.2 Å². The Hall–Kier alpha value is -0.560. The van der Waals surface area contributed by atoms with Gasteiger partial charge in [0.15, 0.2) is 0 Å². The fraction of sp³-hybridized carbons (Fsp3) is 0.200. The van der Waals surface area contributed by atoms with E-state index in [2.05, 4.69) is 41.1 Å². The highest BCUT2D eigenvalue weighted by Crippen LogP contribution is 2.14. The van der Waals surface area contributed by atoms with E-state index in [9.17, 15) is 0 Å². The summed E-state index contributed by atoms with van der Waals surface area (Å²) in [5.41, 5.74) is 1.25. The molecule has 0 aromatic heterocycles. The summed E-state index contributed by atoms with van der Waals surface area (Å²) in [6.45, 7) is 2.13. The zero-order chi connectivity index (χ0) is 8.10. The van der Waals surface area contributed by atoms with Gasteiger partial charge < -0.3 is 0 Å². The summed E-state index contributed by atoms with van der Waals surface area (Å²) >= 11 is 3.47. The van der Waals surface area contributed by atoms with Crippen LogP contribution in [0.2, 0.25) is 0 Å². The van der Waals surface area contributed by atoms with E-state index in [1.54, 1.807) is 0 Å². The molecule has 58 valence electrons. The van der Waals surface area contributed by atoms with Gasteiger partial charge in [-0.15, -0.1) is 0 Å². The van der Waals surface area contributed by atoms with E-state index in [0.29, 0.717) is 0 Å². The third kappa shape index (κ3) is 2.89. The van der Waals surface area contributed by atoms with E-state index in [4.69, 9.17) is 0 Å². The topological polar surface area (TPSA) is 0 Å². The summed E-state index contributed by atoms with van der Waals surface area (Å²) in [5.74, 6) is 0. The van der Waals surface area contributed by atoms with Gasteiger partial charge in [0.1, 0.15) is 0 Å². The van der Waals surface area contributed by atoms with Gasteiger partial charge in [-0.1, -0.05) is 53.2 Å². The van der Waals surface area contributed by atoms with Gasteiger partial charge in [0, 0.05) is 0 Å². The van der Waals surface area contributed by atoms with Gasteiger partial charge in [0.25, 0.3) is 0 Å². The Bertz CT molecular complexity index is 236. The minimum absolute atomic E-state index is 1.05. The molecule has 0 N–H and O–H groups in total.